The molecule has 1 saturated carbocycles. The minimum Gasteiger partial charge on any atom is -0.481 e. The molecule has 1 saturated heterocycles. The number of methoxy groups -OCH3 is 1. The van der Waals surface area contributed by atoms with Gasteiger partial charge in [0, 0.05) is 41.2 Å². The largest absolute Gasteiger partial charge is 0.481 e. The average molecular weight is 742 g/mol. The van der Waals surface area contributed by atoms with Crippen molar-refractivity contribution in [1.29, 1.82) is 0 Å². The van der Waals surface area contributed by atoms with Crippen LogP contribution < -0.4 is 4.74 Å². The van der Waals surface area contributed by atoms with Crippen LogP contribution in [0.15, 0.2) is 102 Å². The van der Waals surface area contributed by atoms with E-state index in [1.807, 2.05) is 19.1 Å². The predicted molar refractivity (Wildman–Crippen MR) is 213 cm³/mol. The van der Waals surface area contributed by atoms with E-state index >= 15 is 0 Å². The van der Waals surface area contributed by atoms with Gasteiger partial charge in [-0.05, 0) is 78.7 Å². The first-order valence-corrected chi connectivity index (χ1v) is 22.4. The maximum atomic E-state index is 7.00. The monoisotopic (exact) mass is 741 g/mol. The Morgan fingerprint density at radius 3 is 2.20 bits per heavy atom. The number of aromatic nitrogens is 1. The van der Waals surface area contributed by atoms with Crippen LogP contribution >= 0.6 is 23.4 Å². The third-order valence-corrected chi connectivity index (χ3v) is 16.8. The van der Waals surface area contributed by atoms with E-state index < -0.39 is 14.1 Å². The molecule has 2 fully saturated rings. The molecular weight excluding hydrogens is 690 g/mol. The number of thioether (sulfide) groups is 1. The van der Waals surface area contributed by atoms with Crippen LogP contribution in [0.2, 0.25) is 23.2 Å². The molecule has 0 amide bonds. The Morgan fingerprint density at radius 1 is 0.961 bits per heavy atom. The van der Waals surface area contributed by atoms with Gasteiger partial charge in [-0.2, -0.15) is 0 Å². The van der Waals surface area contributed by atoms with Crippen LogP contribution in [0.1, 0.15) is 86.6 Å². The second-order valence-electron chi connectivity index (χ2n) is 15.4. The molecule has 8 heteroatoms. The Morgan fingerprint density at radius 2 is 1.61 bits per heavy atom. The SMILES string of the molecule is COc1nc(/C(=C/[C@H]2CCC3(C2)O[C@H](c2ccccc2)[C@@H](c2ccccc2)O3)c2ccc(SCCCO[Si](C)(C)C(C)(C)C)c(Cl)c2)ccc1C. The lowest BCUT2D eigenvalue weighted by Gasteiger charge is -2.36. The van der Waals surface area contributed by atoms with Crippen molar-refractivity contribution in [2.24, 2.45) is 5.92 Å². The summed E-state index contributed by atoms with van der Waals surface area (Å²) in [6.07, 6.45) is 5.48. The second kappa shape index (κ2) is 16.0. The molecule has 1 aromatic heterocycles. The zero-order chi connectivity index (χ0) is 36.2. The summed E-state index contributed by atoms with van der Waals surface area (Å²) < 4.78 is 25.9. The average Bonchev–Trinajstić information content (AvgIpc) is 3.70. The molecule has 1 aliphatic carbocycles. The van der Waals surface area contributed by atoms with E-state index in [2.05, 4.69) is 119 Å². The van der Waals surface area contributed by atoms with E-state index in [1.54, 1.807) is 18.9 Å². The molecular formula is C43H52ClNO4SSi. The van der Waals surface area contributed by atoms with Crippen LogP contribution in [-0.4, -0.2) is 38.6 Å². The summed E-state index contributed by atoms with van der Waals surface area (Å²) in [5, 5.41) is 0.959. The van der Waals surface area contributed by atoms with E-state index in [-0.39, 0.29) is 23.2 Å². The third-order valence-electron chi connectivity index (χ3n) is 10.7. The number of halogens is 1. The van der Waals surface area contributed by atoms with E-state index in [1.165, 1.54) is 0 Å². The van der Waals surface area contributed by atoms with Gasteiger partial charge in [-0.3, -0.25) is 0 Å². The third kappa shape index (κ3) is 8.84. The van der Waals surface area contributed by atoms with Crippen molar-refractivity contribution in [2.45, 2.75) is 94.4 Å². The van der Waals surface area contributed by atoms with Gasteiger partial charge >= 0.3 is 0 Å². The molecule has 4 aromatic rings. The van der Waals surface area contributed by atoms with Crippen molar-refractivity contribution in [2.75, 3.05) is 19.5 Å². The summed E-state index contributed by atoms with van der Waals surface area (Å²) in [6.45, 7) is 14.3. The normalized spacial score (nSPS) is 20.6. The van der Waals surface area contributed by atoms with Crippen LogP contribution in [0.4, 0.5) is 0 Å². The molecule has 3 aromatic carbocycles. The Bertz CT molecular complexity index is 1760. The van der Waals surface area contributed by atoms with Crippen molar-refractivity contribution < 1.29 is 18.6 Å². The molecule has 1 aliphatic heterocycles. The minimum absolute atomic E-state index is 0.179. The van der Waals surface area contributed by atoms with Crippen molar-refractivity contribution >= 4 is 37.3 Å². The molecule has 1 spiro atoms. The van der Waals surface area contributed by atoms with Crippen molar-refractivity contribution in [3.63, 3.8) is 0 Å². The highest BCUT2D eigenvalue weighted by Crippen LogP contribution is 2.55. The number of hydrogen-bond acceptors (Lipinski definition) is 6. The number of pyridine rings is 1. The van der Waals surface area contributed by atoms with Gasteiger partial charge in [0.25, 0.3) is 0 Å². The van der Waals surface area contributed by atoms with Gasteiger partial charge in [0.05, 0.1) is 17.8 Å². The molecule has 6 rings (SSSR count). The number of allylic oxidation sites excluding steroid dienone is 1. The Labute approximate surface area is 315 Å². The first-order valence-electron chi connectivity index (χ1n) is 18.1. The maximum absolute atomic E-state index is 7.00. The quantitative estimate of drug-likeness (QED) is 0.0818. The highest BCUT2D eigenvalue weighted by molar-refractivity contribution is 7.99. The lowest BCUT2D eigenvalue weighted by atomic mass is 9.95. The topological polar surface area (TPSA) is 49.8 Å². The fraction of sp³-hybridized carbons (Fsp3) is 0.419. The van der Waals surface area contributed by atoms with Gasteiger partial charge in [-0.1, -0.05) is 111 Å². The van der Waals surface area contributed by atoms with Gasteiger partial charge in [-0.15, -0.1) is 11.8 Å². The number of hydrogen-bond donors (Lipinski definition) is 0. The second-order valence-corrected chi connectivity index (χ2v) is 21.7. The van der Waals surface area contributed by atoms with Gasteiger partial charge in [0.1, 0.15) is 12.2 Å². The van der Waals surface area contributed by atoms with E-state index in [9.17, 15) is 0 Å². The lowest BCUT2D eigenvalue weighted by Crippen LogP contribution is -2.41. The van der Waals surface area contributed by atoms with Crippen molar-refractivity contribution in [3.05, 3.63) is 130 Å². The zero-order valence-corrected chi connectivity index (χ0v) is 33.7. The summed E-state index contributed by atoms with van der Waals surface area (Å²) >= 11 is 8.78. The summed E-state index contributed by atoms with van der Waals surface area (Å²) in [4.78, 5) is 6.03. The highest BCUT2D eigenvalue weighted by atomic mass is 35.5. The summed E-state index contributed by atoms with van der Waals surface area (Å²) in [6, 6.07) is 31.5. The molecule has 0 N–H and O–H groups in total. The Kier molecular flexibility index (Phi) is 11.9. The van der Waals surface area contributed by atoms with E-state index in [0.29, 0.717) is 5.88 Å². The minimum atomic E-state index is -1.74. The summed E-state index contributed by atoms with van der Waals surface area (Å²) in [7, 11) is -0.0736. The van der Waals surface area contributed by atoms with Gasteiger partial charge in [0.2, 0.25) is 5.88 Å². The number of rotatable bonds is 12. The van der Waals surface area contributed by atoms with Crippen LogP contribution in [0.25, 0.3) is 5.57 Å². The van der Waals surface area contributed by atoms with Crippen molar-refractivity contribution in [3.8, 4) is 5.88 Å². The number of aryl methyl sites for hydroxylation is 1. The molecule has 0 unspecified atom stereocenters. The molecule has 2 heterocycles. The molecule has 5 nitrogen and oxygen atoms in total. The molecule has 3 atom stereocenters. The first-order chi connectivity index (χ1) is 24.4. The number of ether oxygens (including phenoxy) is 3. The van der Waals surface area contributed by atoms with Crippen LogP contribution in [-0.2, 0) is 13.9 Å². The molecule has 270 valence electrons. The molecule has 0 bridgehead atoms. The van der Waals surface area contributed by atoms with Crippen LogP contribution in [0.3, 0.4) is 0 Å². The Balaban J connectivity index is 1.23. The Hall–Kier alpha value is -2.91. The number of benzene rings is 3. The van der Waals surface area contributed by atoms with E-state index in [4.69, 9.17) is 35.2 Å². The smallest absolute Gasteiger partial charge is 0.216 e. The van der Waals surface area contributed by atoms with Crippen LogP contribution in [0, 0.1) is 12.8 Å². The summed E-state index contributed by atoms with van der Waals surface area (Å²) in [5.74, 6) is 1.12. The first kappa shape index (κ1) is 37.8. The lowest BCUT2D eigenvalue weighted by molar-refractivity contribution is -0.171. The summed E-state index contributed by atoms with van der Waals surface area (Å²) in [5.41, 5.74) is 6.19. The fourth-order valence-electron chi connectivity index (χ4n) is 6.75. The van der Waals surface area contributed by atoms with Crippen LogP contribution in [0.5, 0.6) is 5.88 Å². The fourth-order valence-corrected chi connectivity index (χ4v) is 9.03. The van der Waals surface area contributed by atoms with E-state index in [0.717, 1.165) is 81.5 Å². The maximum Gasteiger partial charge on any atom is 0.216 e. The number of nitrogens with zero attached hydrogens (tertiary/aromatic N) is 1. The van der Waals surface area contributed by atoms with Gasteiger partial charge < -0.3 is 18.6 Å². The van der Waals surface area contributed by atoms with Gasteiger partial charge in [0.15, 0.2) is 14.1 Å². The zero-order valence-electron chi connectivity index (χ0n) is 31.1. The van der Waals surface area contributed by atoms with Crippen molar-refractivity contribution in [1.82, 2.24) is 4.98 Å². The van der Waals surface area contributed by atoms with Gasteiger partial charge in [-0.25, -0.2) is 4.98 Å². The highest BCUT2D eigenvalue weighted by Gasteiger charge is 2.52. The standard InChI is InChI=1S/C43H52ClNO4SSi/c1-30-19-21-37(45-41(30)46-5)35(34-20-22-38(36(44)28-34)50-26-14-25-47-51(6,7)42(2,3)4)27-31-23-24-43(29-31)48-39(32-15-10-8-11-16-32)40(49-43)33-17-12-9-13-18-33/h8-13,15-22,27-28,31,39-40H,14,23-26,29H2,1-7H3/b35-27+/t31-,39-,40-/m1/s1. The predicted octanol–water partition coefficient (Wildman–Crippen LogP) is 12.0. The molecule has 2 aliphatic rings. The molecule has 51 heavy (non-hydrogen) atoms. The molecule has 0 radical (unpaired) electrons.